The van der Waals surface area contributed by atoms with Gasteiger partial charge in [-0.2, -0.15) is 0 Å². The molecule has 6 rings (SSSR count). The van der Waals surface area contributed by atoms with Crippen LogP contribution >= 0.6 is 23.5 Å². The van der Waals surface area contributed by atoms with Gasteiger partial charge in [0.2, 0.25) is 29.5 Å². The van der Waals surface area contributed by atoms with Gasteiger partial charge >= 0.3 is 5.97 Å². The summed E-state index contributed by atoms with van der Waals surface area (Å²) in [5, 5.41) is 25.6. The number of amides is 2. The van der Waals surface area contributed by atoms with Gasteiger partial charge in [-0.3, -0.25) is 25.0 Å². The molecule has 0 aliphatic carbocycles. The van der Waals surface area contributed by atoms with E-state index in [4.69, 9.17) is 38.6 Å². The topological polar surface area (TPSA) is 364 Å². The lowest BCUT2D eigenvalue weighted by molar-refractivity contribution is -0.139. The minimum Gasteiger partial charge on any atom is -0.480 e. The number of ether oxygens (including phenoxy) is 3. The van der Waals surface area contributed by atoms with Gasteiger partial charge < -0.3 is 38.6 Å². The predicted molar refractivity (Wildman–Crippen MR) is 333 cm³/mol. The van der Waals surface area contributed by atoms with Crippen LogP contribution in [0.3, 0.4) is 0 Å². The number of methoxy groups -OCH3 is 3. The van der Waals surface area contributed by atoms with Crippen molar-refractivity contribution in [3.63, 3.8) is 0 Å². The summed E-state index contributed by atoms with van der Waals surface area (Å²) in [5.74, 6) is -4.75. The van der Waals surface area contributed by atoms with Gasteiger partial charge in [0, 0.05) is 84.3 Å². The van der Waals surface area contributed by atoms with Gasteiger partial charge in [-0.1, -0.05) is 57.0 Å². The molecule has 0 spiro atoms. The number of halogens is 3. The van der Waals surface area contributed by atoms with Crippen molar-refractivity contribution in [1.82, 2.24) is 15.5 Å². The second kappa shape index (κ2) is 30.0. The zero-order valence-corrected chi connectivity index (χ0v) is 57.8. The molecule has 5 N–H and O–H groups in total. The Morgan fingerprint density at radius 1 is 0.511 bits per heavy atom. The molecule has 0 atom stereocenters. The normalized spacial score (nSPS) is 12.8. The smallest absolute Gasteiger partial charge is 0.319 e. The molecule has 3 aromatic carbocycles. The summed E-state index contributed by atoms with van der Waals surface area (Å²) in [7, 11) is -10.5. The fourth-order valence-electron chi connectivity index (χ4n) is 7.30. The third kappa shape index (κ3) is 21.1. The van der Waals surface area contributed by atoms with Crippen LogP contribution in [-0.4, -0.2) is 146 Å². The highest BCUT2D eigenvalue weighted by Gasteiger charge is 2.45. The standard InChI is InChI=1S/C19H25FN2O7S2.C19H25FN2O5S2.C11H13FO4S2.C8H14N2O2/c1-18(2,11-28-5)15-10-16(29-22-15)21-17(23)19(3,4)31(26,27)14-8-7-12(9-13(14)20)30(6,24)25;1-18(2,11-26-5)15-10-16(27-22-15)21-17(23)19(3,4)28-14-8-7-12(9-13(14)20)29(6,24)25;1-11(2,10(13)14)17-9-5-4-7(6-8(9)12)18(3,15)16;1-8(2,5-11-3)6-4-7(9)12-10-6/h7-10H,11H2,1-6H3,(H,21,23);7-10H,11H2,1-6H3,(H,21,23);4-6H,1-3H3,(H,13,14);4H,5,9H2,1-3H3. The molecule has 0 fully saturated rings. The van der Waals surface area contributed by atoms with Crippen LogP contribution in [0.4, 0.5) is 30.8 Å². The lowest BCUT2D eigenvalue weighted by Gasteiger charge is -2.23. The molecule has 2 amide bonds. The highest BCUT2D eigenvalue weighted by Crippen LogP contribution is 2.38. The molecule has 3 aromatic heterocycles. The van der Waals surface area contributed by atoms with E-state index in [0.29, 0.717) is 43.2 Å². The van der Waals surface area contributed by atoms with Crippen molar-refractivity contribution < 1.29 is 94.1 Å². The number of aromatic nitrogens is 3. The third-order valence-corrected chi connectivity index (χ3v) is 21.2. The van der Waals surface area contributed by atoms with Gasteiger partial charge in [-0.05, 0) is 96.1 Å². The van der Waals surface area contributed by atoms with Crippen LogP contribution in [0.5, 0.6) is 0 Å². The summed E-state index contributed by atoms with van der Waals surface area (Å²) in [6.07, 6.45) is 2.86. The number of sulfone groups is 4. The van der Waals surface area contributed by atoms with Crippen LogP contribution in [0.15, 0.2) is 116 Å². The Balaban J connectivity index is 0.000000331. The number of aliphatic carboxylic acids is 1. The van der Waals surface area contributed by atoms with Crippen LogP contribution in [0.25, 0.3) is 0 Å². The lowest BCUT2D eigenvalue weighted by atomic mass is 9.90. The van der Waals surface area contributed by atoms with E-state index >= 15 is 0 Å². The van der Waals surface area contributed by atoms with Crippen molar-refractivity contribution in [2.75, 3.05) is 76.3 Å². The van der Waals surface area contributed by atoms with Gasteiger partial charge in [-0.25, -0.2) is 46.8 Å². The maximum absolute atomic E-state index is 14.5. The van der Waals surface area contributed by atoms with Crippen LogP contribution in [0.2, 0.25) is 0 Å². The number of carbonyl (C=O) groups excluding carboxylic acids is 2. The van der Waals surface area contributed by atoms with E-state index in [9.17, 15) is 61.2 Å². The molecule has 6 aromatic rings. The predicted octanol–water partition coefficient (Wildman–Crippen LogP) is 9.35. The van der Waals surface area contributed by atoms with E-state index < -0.39 is 105 Å². The van der Waals surface area contributed by atoms with Crippen molar-refractivity contribution >= 4 is 98.3 Å². The first-order valence-corrected chi connectivity index (χ1v) is 35.3. The largest absolute Gasteiger partial charge is 0.480 e. The molecular weight excluding hydrogens is 1310 g/mol. The SMILES string of the molecule is CC(C)(Sc1ccc(S(C)(=O)=O)cc1F)C(=O)O.COCC(C)(C)c1cc(N)on1.COCC(C)(C)c1cc(NC(=O)C(C)(C)S(=O)(=O)c2ccc(S(C)(=O)=O)cc2F)on1.COCC(C)(C)c1cc(NC(=O)C(C)(C)Sc2ccc(S(C)(=O)=O)cc2F)on1. The fourth-order valence-corrected chi connectivity index (χ4v) is 12.5. The van der Waals surface area contributed by atoms with E-state index in [2.05, 4.69) is 26.1 Å². The zero-order chi connectivity index (χ0) is 69.2. The molecule has 33 heteroatoms. The molecular formula is C57H77F3N6O18S6. The Bertz CT molecular complexity index is 3990. The van der Waals surface area contributed by atoms with Gasteiger partial charge in [0.1, 0.15) is 31.8 Å². The Morgan fingerprint density at radius 3 is 1.17 bits per heavy atom. The van der Waals surface area contributed by atoms with E-state index in [0.717, 1.165) is 86.1 Å². The summed E-state index contributed by atoms with van der Waals surface area (Å²) < 4.78 is 163. The highest BCUT2D eigenvalue weighted by molar-refractivity contribution is 8.01. The number of thioether (sulfide) groups is 2. The molecule has 0 aliphatic heterocycles. The highest BCUT2D eigenvalue weighted by atomic mass is 32.2. The lowest BCUT2D eigenvalue weighted by Crippen LogP contribution is -2.44. The molecule has 0 bridgehead atoms. The van der Waals surface area contributed by atoms with E-state index in [1.54, 1.807) is 40.2 Å². The number of carboxylic acid groups (broad SMARTS) is 1. The molecule has 0 saturated heterocycles. The van der Waals surface area contributed by atoms with Gasteiger partial charge in [0.25, 0.3) is 0 Å². The summed E-state index contributed by atoms with van der Waals surface area (Å²) >= 11 is 1.81. The number of nitrogens with one attached hydrogen (secondary N) is 2. The molecule has 0 radical (unpaired) electrons. The van der Waals surface area contributed by atoms with Crippen LogP contribution in [0, 0.1) is 17.5 Å². The number of rotatable bonds is 23. The van der Waals surface area contributed by atoms with E-state index in [-0.39, 0.29) is 41.7 Å². The van der Waals surface area contributed by atoms with Crippen molar-refractivity contribution in [2.45, 2.75) is 143 Å². The molecule has 3 heterocycles. The van der Waals surface area contributed by atoms with Crippen molar-refractivity contribution in [1.29, 1.82) is 0 Å². The summed E-state index contributed by atoms with van der Waals surface area (Å²) in [6.45, 7) is 21.3. The first-order valence-electron chi connectivity index (χ1n) is 26.5. The first-order chi connectivity index (χ1) is 40.9. The number of nitrogens with two attached hydrogens (primary N) is 1. The minimum absolute atomic E-state index is 0.0830. The van der Waals surface area contributed by atoms with Gasteiger partial charge in [0.05, 0.1) is 56.3 Å². The summed E-state index contributed by atoms with van der Waals surface area (Å²) in [6, 6.07) is 14.3. The molecule has 90 heavy (non-hydrogen) atoms. The Labute approximate surface area is 531 Å². The van der Waals surface area contributed by atoms with Gasteiger partial charge in [0.15, 0.2) is 39.3 Å². The maximum atomic E-state index is 14.5. The Morgan fingerprint density at radius 2 is 0.844 bits per heavy atom. The molecule has 0 saturated carbocycles. The fraction of sp³-hybridized carbons (Fsp3) is 0.474. The Hall–Kier alpha value is -6.33. The molecule has 24 nitrogen and oxygen atoms in total. The second-order valence-electron chi connectivity index (χ2n) is 23.8. The molecule has 0 unspecified atom stereocenters. The number of nitrogen functional groups attached to an aromatic ring is 1. The second-order valence-corrected chi connectivity index (χ2v) is 35.6. The number of nitrogens with zero attached hydrogens (tertiary/aromatic N) is 3. The van der Waals surface area contributed by atoms with Crippen LogP contribution in [-0.2, 0) is 84.2 Å². The van der Waals surface area contributed by atoms with E-state index in [1.165, 1.54) is 51.3 Å². The third-order valence-electron chi connectivity index (χ3n) is 12.9. The van der Waals surface area contributed by atoms with Crippen molar-refractivity contribution in [3.8, 4) is 0 Å². The number of carbonyl (C=O) groups is 3. The van der Waals surface area contributed by atoms with Crippen LogP contribution in [0.1, 0.15) is 100 Å². The minimum atomic E-state index is -4.54. The summed E-state index contributed by atoms with van der Waals surface area (Å²) in [5.41, 5.74) is 6.27. The van der Waals surface area contributed by atoms with Gasteiger partial charge in [-0.15, -0.1) is 23.5 Å². The molecule has 0 aliphatic rings. The van der Waals surface area contributed by atoms with Crippen LogP contribution < -0.4 is 16.4 Å². The average Bonchev–Trinajstić information content (AvgIpc) is 0.915. The maximum Gasteiger partial charge on any atom is 0.319 e. The zero-order valence-electron chi connectivity index (χ0n) is 52.9. The van der Waals surface area contributed by atoms with Crippen molar-refractivity contribution in [3.05, 3.63) is 107 Å². The molecule has 500 valence electrons. The Kier molecular flexibility index (Phi) is 25.9. The van der Waals surface area contributed by atoms with E-state index in [1.807, 2.05) is 41.5 Å². The summed E-state index contributed by atoms with van der Waals surface area (Å²) in [4.78, 5) is 35.2. The number of hydrogen-bond acceptors (Lipinski definition) is 23. The number of hydrogen-bond donors (Lipinski definition) is 4. The first kappa shape index (κ1) is 77.9. The number of carboxylic acids is 1. The number of anilines is 3. The van der Waals surface area contributed by atoms with Crippen molar-refractivity contribution in [2.24, 2.45) is 0 Å². The quantitative estimate of drug-likeness (QED) is 0.0434. The monoisotopic (exact) mass is 1380 g/mol. The number of benzene rings is 3. The average molecular weight is 1380 g/mol.